The monoisotopic (exact) mass is 299 g/mol. The molecule has 0 amide bonds. The van der Waals surface area contributed by atoms with Crippen LogP contribution in [0.2, 0.25) is 10.0 Å². The zero-order valence-electron chi connectivity index (χ0n) is 8.93. The minimum Gasteiger partial charge on any atom is -0.478 e. The van der Waals surface area contributed by atoms with Crippen LogP contribution in [-0.2, 0) is 0 Å². The second-order valence-electron chi connectivity index (χ2n) is 3.34. The molecule has 18 heavy (non-hydrogen) atoms. The summed E-state index contributed by atoms with van der Waals surface area (Å²) in [5.74, 6) is -1.08. The lowest BCUT2D eigenvalue weighted by Gasteiger charge is -2.04. The maximum Gasteiger partial charge on any atom is 0.337 e. The lowest BCUT2D eigenvalue weighted by atomic mass is 10.3. The van der Waals surface area contributed by atoms with Gasteiger partial charge < -0.3 is 5.11 Å². The van der Waals surface area contributed by atoms with Crippen molar-refractivity contribution < 1.29 is 9.90 Å². The molecule has 0 spiro atoms. The number of nitrogens with zero attached hydrogens (tertiary/aromatic N) is 1. The largest absolute Gasteiger partial charge is 0.478 e. The summed E-state index contributed by atoms with van der Waals surface area (Å²) in [7, 11) is 0. The second-order valence-corrected chi connectivity index (χ2v) is 5.22. The number of carboxylic acid groups (broad SMARTS) is 1. The third-order valence-corrected chi connectivity index (χ3v) is 3.86. The molecule has 1 heterocycles. The van der Waals surface area contributed by atoms with E-state index in [1.807, 2.05) is 18.2 Å². The molecular weight excluding hydrogens is 293 g/mol. The maximum absolute atomic E-state index is 10.9. The maximum atomic E-state index is 10.9. The number of halogens is 2. The zero-order chi connectivity index (χ0) is 13.1. The zero-order valence-corrected chi connectivity index (χ0v) is 11.3. The third-order valence-electron chi connectivity index (χ3n) is 2.11. The Morgan fingerprint density at radius 2 is 1.94 bits per heavy atom. The molecule has 1 N–H and O–H groups in total. The summed E-state index contributed by atoms with van der Waals surface area (Å²) in [6.45, 7) is 0. The lowest BCUT2D eigenvalue weighted by Crippen LogP contribution is -1.98. The molecule has 2 rings (SSSR count). The quantitative estimate of drug-likeness (QED) is 0.921. The molecule has 0 aliphatic rings. The Morgan fingerprint density at radius 1 is 1.22 bits per heavy atom. The van der Waals surface area contributed by atoms with E-state index in [1.165, 1.54) is 24.0 Å². The van der Waals surface area contributed by atoms with Crippen molar-refractivity contribution in [3.05, 3.63) is 52.1 Å². The predicted molar refractivity (Wildman–Crippen MR) is 71.8 cm³/mol. The summed E-state index contributed by atoms with van der Waals surface area (Å²) >= 11 is 13.1. The van der Waals surface area contributed by atoms with Gasteiger partial charge in [0.15, 0.2) is 0 Å². The molecule has 1 aromatic heterocycles. The van der Waals surface area contributed by atoms with Crippen LogP contribution in [-0.4, -0.2) is 16.1 Å². The van der Waals surface area contributed by atoms with Crippen LogP contribution in [0, 0.1) is 0 Å². The van der Waals surface area contributed by atoms with E-state index < -0.39 is 5.97 Å². The van der Waals surface area contributed by atoms with Crippen LogP contribution in [0.1, 0.15) is 10.4 Å². The molecule has 0 saturated carbocycles. The fourth-order valence-electron chi connectivity index (χ4n) is 1.28. The van der Waals surface area contributed by atoms with Gasteiger partial charge in [0.2, 0.25) is 0 Å². The van der Waals surface area contributed by atoms with Crippen LogP contribution in [0.3, 0.4) is 0 Å². The van der Waals surface area contributed by atoms with Gasteiger partial charge in [-0.25, -0.2) is 9.78 Å². The first kappa shape index (κ1) is 13.2. The molecule has 2 aromatic rings. The minimum atomic E-state index is -1.08. The van der Waals surface area contributed by atoms with Crippen LogP contribution >= 0.6 is 35.0 Å². The van der Waals surface area contributed by atoms with Crippen molar-refractivity contribution in [2.45, 2.75) is 9.92 Å². The second kappa shape index (κ2) is 5.61. The van der Waals surface area contributed by atoms with Crippen molar-refractivity contribution >= 4 is 40.9 Å². The molecule has 0 fully saturated rings. The number of hydrogen-bond acceptors (Lipinski definition) is 3. The molecule has 0 bridgehead atoms. The highest BCUT2D eigenvalue weighted by atomic mass is 35.5. The first-order chi connectivity index (χ1) is 8.58. The Morgan fingerprint density at radius 3 is 2.61 bits per heavy atom. The average Bonchev–Trinajstić information content (AvgIpc) is 2.34. The number of benzene rings is 1. The van der Waals surface area contributed by atoms with Crippen LogP contribution in [0.25, 0.3) is 0 Å². The number of aromatic nitrogens is 1. The van der Waals surface area contributed by atoms with Crippen LogP contribution in [0.4, 0.5) is 0 Å². The van der Waals surface area contributed by atoms with E-state index in [9.17, 15) is 4.79 Å². The van der Waals surface area contributed by atoms with Crippen molar-refractivity contribution in [2.24, 2.45) is 0 Å². The number of carbonyl (C=O) groups is 1. The Balaban J connectivity index is 2.33. The van der Waals surface area contributed by atoms with E-state index in [1.54, 1.807) is 6.07 Å². The smallest absolute Gasteiger partial charge is 0.337 e. The number of hydrogen-bond donors (Lipinski definition) is 1. The van der Waals surface area contributed by atoms with Gasteiger partial charge in [-0.05, 0) is 18.2 Å². The Kier molecular flexibility index (Phi) is 4.11. The van der Waals surface area contributed by atoms with Gasteiger partial charge in [0.25, 0.3) is 0 Å². The van der Waals surface area contributed by atoms with Crippen molar-refractivity contribution in [3.63, 3.8) is 0 Å². The molecule has 0 radical (unpaired) electrons. The Bertz CT molecular complexity index is 604. The topological polar surface area (TPSA) is 50.2 Å². The average molecular weight is 300 g/mol. The fraction of sp³-hybridized carbons (Fsp3) is 0. The van der Waals surface area contributed by atoms with Crippen molar-refractivity contribution in [1.82, 2.24) is 4.98 Å². The highest BCUT2D eigenvalue weighted by Gasteiger charge is 2.11. The van der Waals surface area contributed by atoms with Gasteiger partial charge in [-0.3, -0.25) is 0 Å². The summed E-state index contributed by atoms with van der Waals surface area (Å²) in [6.07, 6.45) is 1.32. The Hall–Kier alpha value is -1.23. The first-order valence-corrected chi connectivity index (χ1v) is 6.46. The number of carboxylic acids is 1. The van der Waals surface area contributed by atoms with Crippen molar-refractivity contribution in [3.8, 4) is 0 Å². The molecule has 0 aliphatic carbocycles. The molecule has 6 heteroatoms. The van der Waals surface area contributed by atoms with Gasteiger partial charge in [-0.15, -0.1) is 0 Å². The van der Waals surface area contributed by atoms with Gasteiger partial charge in [-0.1, -0.05) is 47.1 Å². The molecule has 0 aliphatic heterocycles. The summed E-state index contributed by atoms with van der Waals surface area (Å²) < 4.78 is 0. The SMILES string of the molecule is O=C(O)c1cc(Sc2ccccc2Cl)ncc1Cl. The van der Waals surface area contributed by atoms with E-state index in [4.69, 9.17) is 28.3 Å². The van der Waals surface area contributed by atoms with Gasteiger partial charge in [0.05, 0.1) is 15.6 Å². The molecule has 1 aromatic carbocycles. The summed E-state index contributed by atoms with van der Waals surface area (Å²) in [6, 6.07) is 8.70. The number of aromatic carboxylic acids is 1. The summed E-state index contributed by atoms with van der Waals surface area (Å²) in [4.78, 5) is 15.8. The molecule has 0 saturated heterocycles. The normalized spacial score (nSPS) is 10.3. The summed E-state index contributed by atoms with van der Waals surface area (Å²) in [5.41, 5.74) is 0.0289. The van der Waals surface area contributed by atoms with E-state index >= 15 is 0 Å². The van der Waals surface area contributed by atoms with Crippen molar-refractivity contribution in [1.29, 1.82) is 0 Å². The van der Waals surface area contributed by atoms with E-state index in [-0.39, 0.29) is 10.6 Å². The van der Waals surface area contributed by atoms with Crippen LogP contribution in [0.15, 0.2) is 46.5 Å². The number of rotatable bonds is 3. The predicted octanol–water partition coefficient (Wildman–Crippen LogP) is 4.24. The van der Waals surface area contributed by atoms with Crippen LogP contribution in [0.5, 0.6) is 0 Å². The molecule has 0 atom stereocenters. The van der Waals surface area contributed by atoms with Crippen molar-refractivity contribution in [2.75, 3.05) is 0 Å². The molecule has 0 unspecified atom stereocenters. The molecule has 92 valence electrons. The minimum absolute atomic E-state index is 0.0289. The molecular formula is C12H7Cl2NO2S. The van der Waals surface area contributed by atoms with Crippen LogP contribution < -0.4 is 0 Å². The molecule has 3 nitrogen and oxygen atoms in total. The van der Waals surface area contributed by atoms with E-state index in [2.05, 4.69) is 4.98 Å². The first-order valence-electron chi connectivity index (χ1n) is 4.89. The highest BCUT2D eigenvalue weighted by molar-refractivity contribution is 7.99. The standard InChI is InChI=1S/C12H7Cl2NO2S/c13-8-3-1-2-4-10(8)18-11-5-7(12(16)17)9(14)6-15-11/h1-6H,(H,16,17). The van der Waals surface area contributed by atoms with E-state index in [0.29, 0.717) is 10.0 Å². The fourth-order valence-corrected chi connectivity index (χ4v) is 2.53. The van der Waals surface area contributed by atoms with Gasteiger partial charge in [0.1, 0.15) is 5.03 Å². The Labute approximate surface area is 118 Å². The summed E-state index contributed by atoms with van der Waals surface area (Å²) in [5, 5.41) is 10.2. The van der Waals surface area contributed by atoms with E-state index in [0.717, 1.165) is 4.90 Å². The third kappa shape index (κ3) is 2.96. The van der Waals surface area contributed by atoms with Gasteiger partial charge >= 0.3 is 5.97 Å². The highest BCUT2D eigenvalue weighted by Crippen LogP contribution is 2.33. The van der Waals surface area contributed by atoms with Gasteiger partial charge in [0, 0.05) is 11.1 Å². The lowest BCUT2D eigenvalue weighted by molar-refractivity contribution is 0.0696. The number of pyridine rings is 1. The van der Waals surface area contributed by atoms with Gasteiger partial charge in [-0.2, -0.15) is 0 Å².